The summed E-state index contributed by atoms with van der Waals surface area (Å²) >= 11 is 0. The molecular formula is C8H16O2. The van der Waals surface area contributed by atoms with Gasteiger partial charge in [-0.1, -0.05) is 19.4 Å². The van der Waals surface area contributed by atoms with Crippen molar-refractivity contribution in [3.8, 4) is 0 Å². The van der Waals surface area contributed by atoms with E-state index in [0.29, 0.717) is 0 Å². The summed E-state index contributed by atoms with van der Waals surface area (Å²) < 4.78 is 9.87. The van der Waals surface area contributed by atoms with Crippen molar-refractivity contribution in [1.29, 1.82) is 0 Å². The summed E-state index contributed by atoms with van der Waals surface area (Å²) in [6, 6.07) is 0. The highest BCUT2D eigenvalue weighted by Gasteiger charge is 1.95. The Morgan fingerprint density at radius 1 is 1.30 bits per heavy atom. The van der Waals surface area contributed by atoms with Gasteiger partial charge in [0.05, 0.1) is 0 Å². The molecule has 0 rings (SSSR count). The first-order valence-electron chi connectivity index (χ1n) is 3.57. The van der Waals surface area contributed by atoms with Crippen molar-refractivity contribution in [2.24, 2.45) is 0 Å². The Morgan fingerprint density at radius 3 is 2.30 bits per heavy atom. The third-order valence-corrected chi connectivity index (χ3v) is 1.21. The highest BCUT2D eigenvalue weighted by Crippen LogP contribution is 1.95. The Balaban J connectivity index is 3.40. The van der Waals surface area contributed by atoms with Gasteiger partial charge in [0.1, 0.15) is 0 Å². The van der Waals surface area contributed by atoms with Crippen LogP contribution in [0.4, 0.5) is 0 Å². The number of methoxy groups -OCH3 is 2. The van der Waals surface area contributed by atoms with Gasteiger partial charge in [-0.3, -0.25) is 0 Å². The van der Waals surface area contributed by atoms with Gasteiger partial charge >= 0.3 is 0 Å². The van der Waals surface area contributed by atoms with Gasteiger partial charge < -0.3 is 9.47 Å². The zero-order valence-corrected chi connectivity index (χ0v) is 6.96. The summed E-state index contributed by atoms with van der Waals surface area (Å²) in [4.78, 5) is 0. The Bertz CT molecular complexity index is 85.3. The maximum Gasteiger partial charge on any atom is 0.176 e. The highest BCUT2D eigenvalue weighted by atomic mass is 16.7. The first-order chi connectivity index (χ1) is 4.85. The van der Waals surface area contributed by atoms with Gasteiger partial charge in [-0.2, -0.15) is 0 Å². The Kier molecular flexibility index (Phi) is 6.55. The van der Waals surface area contributed by atoms with E-state index in [2.05, 4.69) is 13.0 Å². The minimum Gasteiger partial charge on any atom is -0.352 e. The van der Waals surface area contributed by atoms with Crippen molar-refractivity contribution in [3.63, 3.8) is 0 Å². The molecule has 60 valence electrons. The molecular weight excluding hydrogens is 128 g/mol. The van der Waals surface area contributed by atoms with Gasteiger partial charge in [0.25, 0.3) is 0 Å². The highest BCUT2D eigenvalue weighted by molar-refractivity contribution is 4.84. The van der Waals surface area contributed by atoms with Crippen molar-refractivity contribution in [2.45, 2.75) is 26.1 Å². The molecule has 2 nitrogen and oxygen atoms in total. The third kappa shape index (κ3) is 4.53. The van der Waals surface area contributed by atoms with Crippen molar-refractivity contribution < 1.29 is 9.47 Å². The van der Waals surface area contributed by atoms with Crippen LogP contribution < -0.4 is 0 Å². The van der Waals surface area contributed by atoms with Gasteiger partial charge in [-0.05, 0) is 12.5 Å². The van der Waals surface area contributed by atoms with Crippen LogP contribution in [0.2, 0.25) is 0 Å². The smallest absolute Gasteiger partial charge is 0.176 e. The van der Waals surface area contributed by atoms with E-state index in [1.54, 1.807) is 14.2 Å². The zero-order valence-electron chi connectivity index (χ0n) is 6.96. The second-order valence-electron chi connectivity index (χ2n) is 2.06. The van der Waals surface area contributed by atoms with E-state index in [-0.39, 0.29) is 6.29 Å². The Hall–Kier alpha value is -0.340. The van der Waals surface area contributed by atoms with Crippen LogP contribution in [0.3, 0.4) is 0 Å². The number of unbranched alkanes of at least 4 members (excludes halogenated alkanes) is 1. The molecule has 0 fully saturated rings. The standard InChI is InChI=1S/C8H16O2/c1-4-5-6-7-8(9-2)10-3/h6-8H,4-5H2,1-3H3. The molecule has 2 heteroatoms. The molecule has 0 aliphatic rings. The Labute approximate surface area is 62.8 Å². The summed E-state index contributed by atoms with van der Waals surface area (Å²) in [6.07, 6.45) is 6.06. The zero-order chi connectivity index (χ0) is 7.82. The quantitative estimate of drug-likeness (QED) is 0.434. The molecule has 0 bridgehead atoms. The monoisotopic (exact) mass is 144 g/mol. The third-order valence-electron chi connectivity index (χ3n) is 1.21. The largest absolute Gasteiger partial charge is 0.352 e. The summed E-state index contributed by atoms with van der Waals surface area (Å²) in [6.45, 7) is 2.14. The lowest BCUT2D eigenvalue weighted by Gasteiger charge is -2.06. The lowest BCUT2D eigenvalue weighted by atomic mass is 10.3. The molecule has 0 saturated heterocycles. The van der Waals surface area contributed by atoms with Crippen LogP contribution in [-0.4, -0.2) is 20.5 Å². The van der Waals surface area contributed by atoms with Gasteiger partial charge in [0.2, 0.25) is 0 Å². The number of allylic oxidation sites excluding steroid dienone is 1. The molecule has 0 atom stereocenters. The Morgan fingerprint density at radius 2 is 1.90 bits per heavy atom. The second-order valence-corrected chi connectivity index (χ2v) is 2.06. The molecule has 0 aromatic carbocycles. The average Bonchev–Trinajstić information content (AvgIpc) is 1.99. The molecule has 0 N–H and O–H groups in total. The normalized spacial score (nSPS) is 11.6. The molecule has 0 unspecified atom stereocenters. The average molecular weight is 144 g/mol. The number of hydrogen-bond acceptors (Lipinski definition) is 2. The van der Waals surface area contributed by atoms with E-state index in [4.69, 9.17) is 9.47 Å². The van der Waals surface area contributed by atoms with Gasteiger partial charge in [-0.25, -0.2) is 0 Å². The molecule has 0 aliphatic heterocycles. The first-order valence-corrected chi connectivity index (χ1v) is 3.57. The number of hydrogen-bond donors (Lipinski definition) is 0. The van der Waals surface area contributed by atoms with Crippen LogP contribution in [0, 0.1) is 0 Å². The van der Waals surface area contributed by atoms with Crippen LogP contribution in [-0.2, 0) is 9.47 Å². The molecule has 0 aliphatic carbocycles. The predicted octanol–water partition coefficient (Wildman–Crippen LogP) is 1.96. The van der Waals surface area contributed by atoms with Gasteiger partial charge in [-0.15, -0.1) is 0 Å². The summed E-state index contributed by atoms with van der Waals surface area (Å²) in [5.41, 5.74) is 0. The van der Waals surface area contributed by atoms with Gasteiger partial charge in [0, 0.05) is 14.2 Å². The maximum absolute atomic E-state index is 4.94. The van der Waals surface area contributed by atoms with Gasteiger partial charge in [0.15, 0.2) is 6.29 Å². The van der Waals surface area contributed by atoms with Crippen molar-refractivity contribution in [3.05, 3.63) is 12.2 Å². The molecule has 0 amide bonds. The van der Waals surface area contributed by atoms with Crippen LogP contribution >= 0.6 is 0 Å². The number of rotatable bonds is 5. The molecule has 0 heterocycles. The van der Waals surface area contributed by atoms with Crippen molar-refractivity contribution in [1.82, 2.24) is 0 Å². The van der Waals surface area contributed by atoms with E-state index in [1.807, 2.05) is 6.08 Å². The molecule has 0 spiro atoms. The maximum atomic E-state index is 4.94. The van der Waals surface area contributed by atoms with Crippen LogP contribution in [0.25, 0.3) is 0 Å². The fourth-order valence-corrected chi connectivity index (χ4v) is 0.627. The molecule has 10 heavy (non-hydrogen) atoms. The predicted molar refractivity (Wildman–Crippen MR) is 41.9 cm³/mol. The topological polar surface area (TPSA) is 18.5 Å². The minimum absolute atomic E-state index is 0.174. The SMILES string of the molecule is CCCC=CC(OC)OC. The minimum atomic E-state index is -0.174. The lowest BCUT2D eigenvalue weighted by molar-refractivity contribution is -0.0667. The van der Waals surface area contributed by atoms with Crippen LogP contribution in [0.1, 0.15) is 19.8 Å². The lowest BCUT2D eigenvalue weighted by Crippen LogP contribution is -2.08. The molecule has 0 aromatic rings. The van der Waals surface area contributed by atoms with Crippen molar-refractivity contribution >= 4 is 0 Å². The molecule has 0 saturated carbocycles. The van der Waals surface area contributed by atoms with Crippen molar-refractivity contribution in [2.75, 3.05) is 14.2 Å². The fourth-order valence-electron chi connectivity index (χ4n) is 0.627. The van der Waals surface area contributed by atoms with Crippen LogP contribution in [0.15, 0.2) is 12.2 Å². The van der Waals surface area contributed by atoms with Crippen LogP contribution in [0.5, 0.6) is 0 Å². The fraction of sp³-hybridized carbons (Fsp3) is 0.750. The molecule has 0 aromatic heterocycles. The van der Waals surface area contributed by atoms with E-state index in [1.165, 1.54) is 0 Å². The second kappa shape index (κ2) is 6.78. The number of ether oxygens (including phenoxy) is 2. The molecule has 0 radical (unpaired) electrons. The first kappa shape index (κ1) is 9.66. The van der Waals surface area contributed by atoms with E-state index in [9.17, 15) is 0 Å². The van der Waals surface area contributed by atoms with E-state index >= 15 is 0 Å². The van der Waals surface area contributed by atoms with E-state index < -0.39 is 0 Å². The summed E-state index contributed by atoms with van der Waals surface area (Å²) in [5.74, 6) is 0. The van der Waals surface area contributed by atoms with E-state index in [0.717, 1.165) is 12.8 Å². The summed E-state index contributed by atoms with van der Waals surface area (Å²) in [5, 5.41) is 0. The summed E-state index contributed by atoms with van der Waals surface area (Å²) in [7, 11) is 3.26.